The van der Waals surface area contributed by atoms with Crippen molar-refractivity contribution >= 4 is 17.1 Å². The van der Waals surface area contributed by atoms with Crippen LogP contribution in [0, 0.1) is 5.82 Å². The molecule has 0 atom stereocenters. The number of thiophene rings is 1. The van der Waals surface area contributed by atoms with E-state index in [4.69, 9.17) is 0 Å². The Morgan fingerprint density at radius 2 is 2.16 bits per heavy atom. The summed E-state index contributed by atoms with van der Waals surface area (Å²) in [7, 11) is 1.98. The van der Waals surface area contributed by atoms with Gasteiger partial charge in [0.15, 0.2) is 5.78 Å². The van der Waals surface area contributed by atoms with E-state index in [1.807, 2.05) is 18.5 Å². The van der Waals surface area contributed by atoms with Gasteiger partial charge in [-0.25, -0.2) is 4.39 Å². The summed E-state index contributed by atoms with van der Waals surface area (Å²) in [5, 5.41) is 2.04. The molecule has 19 heavy (non-hydrogen) atoms. The fraction of sp³-hybridized carbons (Fsp3) is 0.267. The molecular formula is C15H16FNOS. The molecule has 0 aliphatic carbocycles. The molecule has 1 aromatic carbocycles. The Morgan fingerprint density at radius 3 is 2.84 bits per heavy atom. The topological polar surface area (TPSA) is 20.3 Å². The van der Waals surface area contributed by atoms with Crippen molar-refractivity contribution < 1.29 is 9.18 Å². The maximum Gasteiger partial charge on any atom is 0.164 e. The molecule has 0 saturated heterocycles. The van der Waals surface area contributed by atoms with Gasteiger partial charge in [0.2, 0.25) is 0 Å². The Hall–Kier alpha value is -1.52. The highest BCUT2D eigenvalue weighted by Gasteiger charge is 2.09. The number of rotatable bonds is 6. The molecule has 0 aliphatic rings. The van der Waals surface area contributed by atoms with E-state index in [0.29, 0.717) is 18.5 Å². The van der Waals surface area contributed by atoms with Gasteiger partial charge in [-0.05, 0) is 30.6 Å². The molecule has 2 aromatic rings. The molecule has 0 saturated carbocycles. The third-order valence-corrected chi connectivity index (χ3v) is 3.73. The molecule has 2 nitrogen and oxygen atoms in total. The summed E-state index contributed by atoms with van der Waals surface area (Å²) >= 11 is 1.71. The lowest BCUT2D eigenvalue weighted by Crippen LogP contribution is -2.21. The van der Waals surface area contributed by atoms with Gasteiger partial charge in [0.1, 0.15) is 5.82 Å². The minimum Gasteiger partial charge on any atom is -0.301 e. The van der Waals surface area contributed by atoms with Gasteiger partial charge in [-0.2, -0.15) is 0 Å². The van der Waals surface area contributed by atoms with Gasteiger partial charge in [-0.1, -0.05) is 18.2 Å². The van der Waals surface area contributed by atoms with Crippen LogP contribution in [0.3, 0.4) is 0 Å². The zero-order chi connectivity index (χ0) is 13.7. The highest BCUT2D eigenvalue weighted by atomic mass is 32.1. The summed E-state index contributed by atoms with van der Waals surface area (Å²) in [5.41, 5.74) is 0.449. The van der Waals surface area contributed by atoms with Crippen molar-refractivity contribution in [3.05, 3.63) is 58.0 Å². The third kappa shape index (κ3) is 4.26. The summed E-state index contributed by atoms with van der Waals surface area (Å²) in [6.45, 7) is 1.52. The molecule has 0 N–H and O–H groups in total. The molecule has 1 heterocycles. The molecule has 0 bridgehead atoms. The number of benzene rings is 1. The molecule has 4 heteroatoms. The molecule has 0 amide bonds. The van der Waals surface area contributed by atoms with Gasteiger partial charge in [0.05, 0.1) is 0 Å². The van der Waals surface area contributed by atoms with E-state index in [1.165, 1.54) is 17.0 Å². The number of carbonyl (C=O) groups excluding carboxylic acids is 1. The van der Waals surface area contributed by atoms with Crippen LogP contribution < -0.4 is 0 Å². The average molecular weight is 277 g/mol. The Morgan fingerprint density at radius 1 is 1.32 bits per heavy atom. The van der Waals surface area contributed by atoms with Crippen LogP contribution >= 0.6 is 11.3 Å². The fourth-order valence-electron chi connectivity index (χ4n) is 1.85. The van der Waals surface area contributed by atoms with Crippen LogP contribution in [-0.4, -0.2) is 24.3 Å². The average Bonchev–Trinajstić information content (AvgIpc) is 2.88. The van der Waals surface area contributed by atoms with E-state index in [0.717, 1.165) is 6.54 Å². The predicted molar refractivity (Wildman–Crippen MR) is 76.0 cm³/mol. The standard InChI is InChI=1S/C15H16FNOS/c1-17(11-14-6-3-9-19-14)8-7-15(18)12-4-2-5-13(16)10-12/h2-6,9-10H,7-8,11H2,1H3. The second kappa shape index (κ2) is 6.59. The number of Topliss-reactive ketones (excluding diaryl/α,β-unsaturated/α-hetero) is 1. The molecule has 0 radical (unpaired) electrons. The normalized spacial score (nSPS) is 10.9. The number of ketones is 1. The Balaban J connectivity index is 1.83. The molecule has 2 rings (SSSR count). The van der Waals surface area contributed by atoms with E-state index >= 15 is 0 Å². The lowest BCUT2D eigenvalue weighted by atomic mass is 10.1. The van der Waals surface area contributed by atoms with Crippen molar-refractivity contribution in [3.63, 3.8) is 0 Å². The molecule has 0 spiro atoms. The van der Waals surface area contributed by atoms with Crippen LogP contribution in [0.4, 0.5) is 4.39 Å². The number of carbonyl (C=O) groups is 1. The van der Waals surface area contributed by atoms with Crippen LogP contribution in [0.5, 0.6) is 0 Å². The largest absolute Gasteiger partial charge is 0.301 e. The summed E-state index contributed by atoms with van der Waals surface area (Å²) < 4.78 is 13.0. The first-order valence-corrected chi connectivity index (χ1v) is 7.03. The number of hydrogen-bond acceptors (Lipinski definition) is 3. The van der Waals surface area contributed by atoms with E-state index in [9.17, 15) is 9.18 Å². The number of nitrogens with zero attached hydrogens (tertiary/aromatic N) is 1. The maximum atomic E-state index is 13.0. The minimum absolute atomic E-state index is 0.0162. The zero-order valence-corrected chi connectivity index (χ0v) is 11.6. The molecule has 0 unspecified atom stereocenters. The Kier molecular flexibility index (Phi) is 4.82. The molecule has 1 aromatic heterocycles. The van der Waals surface area contributed by atoms with Crippen LogP contribution in [0.2, 0.25) is 0 Å². The molecule has 0 aliphatic heterocycles. The van der Waals surface area contributed by atoms with Crippen LogP contribution in [0.15, 0.2) is 41.8 Å². The smallest absolute Gasteiger partial charge is 0.164 e. The van der Waals surface area contributed by atoms with Crippen molar-refractivity contribution in [2.24, 2.45) is 0 Å². The summed E-state index contributed by atoms with van der Waals surface area (Å²) in [5.74, 6) is -0.379. The highest BCUT2D eigenvalue weighted by Crippen LogP contribution is 2.12. The maximum absolute atomic E-state index is 13.0. The Bertz CT molecular complexity index is 539. The zero-order valence-electron chi connectivity index (χ0n) is 10.8. The van der Waals surface area contributed by atoms with Gasteiger partial charge >= 0.3 is 0 Å². The van der Waals surface area contributed by atoms with E-state index < -0.39 is 0 Å². The quantitative estimate of drug-likeness (QED) is 0.752. The van der Waals surface area contributed by atoms with Gasteiger partial charge in [0, 0.05) is 30.0 Å². The highest BCUT2D eigenvalue weighted by molar-refractivity contribution is 7.09. The first-order chi connectivity index (χ1) is 9.15. The van der Waals surface area contributed by atoms with Crippen molar-refractivity contribution in [3.8, 4) is 0 Å². The van der Waals surface area contributed by atoms with Crippen molar-refractivity contribution in [1.29, 1.82) is 0 Å². The molecule has 0 fully saturated rings. The van der Waals surface area contributed by atoms with Gasteiger partial charge < -0.3 is 4.90 Å². The van der Waals surface area contributed by atoms with Crippen molar-refractivity contribution in [2.45, 2.75) is 13.0 Å². The first kappa shape index (κ1) is 13.9. The van der Waals surface area contributed by atoms with Gasteiger partial charge in [0.25, 0.3) is 0 Å². The van der Waals surface area contributed by atoms with Gasteiger partial charge in [-0.15, -0.1) is 11.3 Å². The second-order valence-electron chi connectivity index (χ2n) is 4.50. The van der Waals surface area contributed by atoms with Crippen LogP contribution in [-0.2, 0) is 6.54 Å². The lowest BCUT2D eigenvalue weighted by Gasteiger charge is -2.14. The van der Waals surface area contributed by atoms with E-state index in [2.05, 4.69) is 11.0 Å². The SMILES string of the molecule is CN(CCC(=O)c1cccc(F)c1)Cc1cccs1. The second-order valence-corrected chi connectivity index (χ2v) is 5.53. The summed E-state index contributed by atoms with van der Waals surface area (Å²) in [6.07, 6.45) is 0.408. The number of hydrogen-bond donors (Lipinski definition) is 0. The van der Waals surface area contributed by atoms with E-state index in [-0.39, 0.29) is 11.6 Å². The Labute approximate surface area is 116 Å². The molecular weight excluding hydrogens is 261 g/mol. The molecule has 100 valence electrons. The lowest BCUT2D eigenvalue weighted by molar-refractivity contribution is 0.0967. The number of halogens is 1. The van der Waals surface area contributed by atoms with Gasteiger partial charge in [-0.3, -0.25) is 4.79 Å². The predicted octanol–water partition coefficient (Wildman–Crippen LogP) is 3.59. The van der Waals surface area contributed by atoms with Crippen LogP contribution in [0.25, 0.3) is 0 Å². The van der Waals surface area contributed by atoms with E-state index in [1.54, 1.807) is 23.5 Å². The monoisotopic (exact) mass is 277 g/mol. The summed E-state index contributed by atoms with van der Waals surface area (Å²) in [4.78, 5) is 15.3. The fourth-order valence-corrected chi connectivity index (χ4v) is 2.63. The van der Waals surface area contributed by atoms with Crippen LogP contribution in [0.1, 0.15) is 21.7 Å². The third-order valence-electron chi connectivity index (χ3n) is 2.87. The first-order valence-electron chi connectivity index (χ1n) is 6.15. The van der Waals surface area contributed by atoms with Crippen molar-refractivity contribution in [2.75, 3.05) is 13.6 Å². The van der Waals surface area contributed by atoms with Crippen molar-refractivity contribution in [1.82, 2.24) is 4.90 Å². The minimum atomic E-state index is -0.363. The summed E-state index contributed by atoms with van der Waals surface area (Å²) in [6, 6.07) is 9.96.